The third-order valence-electron chi connectivity index (χ3n) is 4.60. The highest BCUT2D eigenvalue weighted by Gasteiger charge is 2.38. The Morgan fingerprint density at radius 3 is 2.63 bits per heavy atom. The number of hydrogen-bond acceptors (Lipinski definition) is 3. The zero-order chi connectivity index (χ0) is 13.9. The number of aromatic nitrogens is 2. The van der Waals surface area contributed by atoms with Crippen molar-refractivity contribution >= 4 is 0 Å². The number of hydrogen-bond donors (Lipinski definition) is 1. The van der Waals surface area contributed by atoms with Gasteiger partial charge >= 0.3 is 0 Å². The molecular formula is C15H27N3O. The first-order valence-corrected chi connectivity index (χ1v) is 7.44. The largest absolute Gasteiger partial charge is 0.377 e. The Bertz CT molecular complexity index is 408. The molecule has 0 bridgehead atoms. The van der Waals surface area contributed by atoms with Gasteiger partial charge in [0.1, 0.15) is 0 Å². The lowest BCUT2D eigenvalue weighted by atomic mass is 9.78. The highest BCUT2D eigenvalue weighted by Crippen LogP contribution is 2.34. The van der Waals surface area contributed by atoms with Crippen LogP contribution < -0.4 is 5.73 Å². The Balaban J connectivity index is 2.09. The predicted molar refractivity (Wildman–Crippen MR) is 77.1 cm³/mol. The summed E-state index contributed by atoms with van der Waals surface area (Å²) in [6.45, 7) is 2.13. The molecule has 1 aliphatic carbocycles. The fraction of sp³-hybridized carbons (Fsp3) is 0.800. The maximum atomic E-state index is 6.48. The lowest BCUT2D eigenvalue weighted by Gasteiger charge is -2.40. The van der Waals surface area contributed by atoms with E-state index in [0.717, 1.165) is 31.4 Å². The minimum atomic E-state index is -0.130. The summed E-state index contributed by atoms with van der Waals surface area (Å²) in [7, 11) is 3.81. The van der Waals surface area contributed by atoms with Crippen molar-refractivity contribution in [3.8, 4) is 0 Å². The molecule has 0 spiro atoms. The van der Waals surface area contributed by atoms with Crippen LogP contribution in [0.25, 0.3) is 0 Å². The average Bonchev–Trinajstić information content (AvgIpc) is 2.80. The summed E-state index contributed by atoms with van der Waals surface area (Å²) in [5.41, 5.74) is 8.70. The van der Waals surface area contributed by atoms with E-state index in [1.165, 1.54) is 25.0 Å². The van der Waals surface area contributed by atoms with Gasteiger partial charge in [0.05, 0.1) is 11.3 Å². The van der Waals surface area contributed by atoms with Crippen molar-refractivity contribution in [3.05, 3.63) is 17.5 Å². The molecule has 1 heterocycles. The van der Waals surface area contributed by atoms with Crippen molar-refractivity contribution in [1.82, 2.24) is 9.78 Å². The summed E-state index contributed by atoms with van der Waals surface area (Å²) >= 11 is 0. The number of nitrogens with two attached hydrogens (primary N) is 1. The van der Waals surface area contributed by atoms with Crippen LogP contribution in [0.15, 0.2) is 6.07 Å². The third-order valence-corrected chi connectivity index (χ3v) is 4.60. The molecule has 1 aliphatic rings. The molecule has 2 N–H and O–H groups in total. The fourth-order valence-electron chi connectivity index (χ4n) is 3.22. The molecule has 0 amide bonds. The van der Waals surface area contributed by atoms with E-state index in [0.29, 0.717) is 0 Å². The maximum absolute atomic E-state index is 6.48. The van der Waals surface area contributed by atoms with Crippen LogP contribution in [0.3, 0.4) is 0 Å². The second-order valence-electron chi connectivity index (χ2n) is 5.74. The SMILES string of the molecule is CCc1cc(CC(N)C2(OC)CCCCC2)n(C)n1. The van der Waals surface area contributed by atoms with Gasteiger partial charge in [-0.3, -0.25) is 4.68 Å². The van der Waals surface area contributed by atoms with Crippen molar-refractivity contribution in [2.45, 2.75) is 63.5 Å². The highest BCUT2D eigenvalue weighted by molar-refractivity contribution is 5.13. The van der Waals surface area contributed by atoms with Crippen LogP contribution in [-0.2, 0) is 24.6 Å². The first-order valence-electron chi connectivity index (χ1n) is 7.44. The molecule has 0 aromatic carbocycles. The Labute approximate surface area is 116 Å². The first kappa shape index (κ1) is 14.5. The van der Waals surface area contributed by atoms with Crippen molar-refractivity contribution in [3.63, 3.8) is 0 Å². The molecule has 1 aromatic heterocycles. The van der Waals surface area contributed by atoms with Crippen LogP contribution in [0.5, 0.6) is 0 Å². The van der Waals surface area contributed by atoms with Crippen LogP contribution in [-0.4, -0.2) is 28.5 Å². The zero-order valence-electron chi connectivity index (χ0n) is 12.5. The van der Waals surface area contributed by atoms with Gasteiger partial charge in [-0.15, -0.1) is 0 Å². The van der Waals surface area contributed by atoms with E-state index in [1.54, 1.807) is 0 Å². The highest BCUT2D eigenvalue weighted by atomic mass is 16.5. The van der Waals surface area contributed by atoms with Gasteiger partial charge < -0.3 is 10.5 Å². The van der Waals surface area contributed by atoms with E-state index in [-0.39, 0.29) is 11.6 Å². The lowest BCUT2D eigenvalue weighted by molar-refractivity contribution is -0.0585. The smallest absolute Gasteiger partial charge is 0.0832 e. The summed E-state index contributed by atoms with van der Waals surface area (Å²) < 4.78 is 7.79. The molecule has 2 rings (SSSR count). The van der Waals surface area contributed by atoms with Crippen LogP contribution in [0.2, 0.25) is 0 Å². The molecule has 1 saturated carbocycles. The summed E-state index contributed by atoms with van der Waals surface area (Å²) in [5, 5.41) is 4.50. The Morgan fingerprint density at radius 1 is 1.42 bits per heavy atom. The standard InChI is InChI=1S/C15H27N3O/c1-4-12-10-13(18(2)17-12)11-14(16)15(19-3)8-6-5-7-9-15/h10,14H,4-9,11,16H2,1-3H3. The second-order valence-corrected chi connectivity index (χ2v) is 5.74. The van der Waals surface area contributed by atoms with Crippen LogP contribution in [0, 0.1) is 0 Å². The van der Waals surface area contributed by atoms with Gasteiger partial charge in [0.2, 0.25) is 0 Å². The molecule has 1 aromatic rings. The first-order chi connectivity index (χ1) is 9.11. The fourth-order valence-corrected chi connectivity index (χ4v) is 3.22. The minimum absolute atomic E-state index is 0.0536. The van der Waals surface area contributed by atoms with Gasteiger partial charge in [-0.1, -0.05) is 26.2 Å². The molecular weight excluding hydrogens is 238 g/mol. The molecule has 108 valence electrons. The van der Waals surface area contributed by atoms with Gasteiger partial charge in [-0.05, 0) is 25.3 Å². The van der Waals surface area contributed by atoms with Crippen LogP contribution >= 0.6 is 0 Å². The van der Waals surface area contributed by atoms with Crippen molar-refractivity contribution in [2.24, 2.45) is 12.8 Å². The second kappa shape index (κ2) is 6.06. The average molecular weight is 265 g/mol. The zero-order valence-corrected chi connectivity index (χ0v) is 12.5. The van der Waals surface area contributed by atoms with Crippen LogP contribution in [0.4, 0.5) is 0 Å². The van der Waals surface area contributed by atoms with Crippen LogP contribution in [0.1, 0.15) is 50.4 Å². The van der Waals surface area contributed by atoms with E-state index < -0.39 is 0 Å². The quantitative estimate of drug-likeness (QED) is 0.888. The molecule has 4 heteroatoms. The van der Waals surface area contributed by atoms with E-state index >= 15 is 0 Å². The van der Waals surface area contributed by atoms with E-state index in [9.17, 15) is 0 Å². The summed E-state index contributed by atoms with van der Waals surface area (Å²) in [4.78, 5) is 0. The predicted octanol–water partition coefficient (Wildman–Crippen LogP) is 2.20. The molecule has 19 heavy (non-hydrogen) atoms. The van der Waals surface area contributed by atoms with Gasteiger partial charge in [0.25, 0.3) is 0 Å². The normalized spacial score (nSPS) is 20.4. The van der Waals surface area contributed by atoms with Gasteiger partial charge in [-0.2, -0.15) is 5.10 Å². The maximum Gasteiger partial charge on any atom is 0.0832 e. The number of rotatable bonds is 5. The summed E-state index contributed by atoms with van der Waals surface area (Å²) in [6, 6.07) is 2.23. The number of nitrogens with zero attached hydrogens (tertiary/aromatic N) is 2. The molecule has 0 aliphatic heterocycles. The van der Waals surface area contributed by atoms with Crippen molar-refractivity contribution < 1.29 is 4.74 Å². The Kier molecular flexibility index (Phi) is 4.63. The number of ether oxygens (including phenoxy) is 1. The van der Waals surface area contributed by atoms with E-state index in [2.05, 4.69) is 18.1 Å². The molecule has 1 fully saturated rings. The molecule has 0 radical (unpaired) electrons. The van der Waals surface area contributed by atoms with E-state index in [4.69, 9.17) is 10.5 Å². The third kappa shape index (κ3) is 3.00. The molecule has 0 saturated heterocycles. The van der Waals surface area contributed by atoms with Crippen molar-refractivity contribution in [1.29, 1.82) is 0 Å². The lowest BCUT2D eigenvalue weighted by Crippen LogP contribution is -2.52. The monoisotopic (exact) mass is 265 g/mol. The van der Waals surface area contributed by atoms with Crippen molar-refractivity contribution in [2.75, 3.05) is 7.11 Å². The van der Waals surface area contributed by atoms with Gasteiger partial charge in [0.15, 0.2) is 0 Å². The Hall–Kier alpha value is -0.870. The van der Waals surface area contributed by atoms with Gasteiger partial charge in [0, 0.05) is 32.3 Å². The Morgan fingerprint density at radius 2 is 2.11 bits per heavy atom. The topological polar surface area (TPSA) is 53.1 Å². The van der Waals surface area contributed by atoms with E-state index in [1.807, 2.05) is 18.8 Å². The molecule has 4 nitrogen and oxygen atoms in total. The van der Waals surface area contributed by atoms with Gasteiger partial charge in [-0.25, -0.2) is 0 Å². The molecule has 1 atom stereocenters. The number of methoxy groups -OCH3 is 1. The molecule has 1 unspecified atom stereocenters. The summed E-state index contributed by atoms with van der Waals surface area (Å²) in [6.07, 6.45) is 7.76. The number of aryl methyl sites for hydroxylation is 2. The minimum Gasteiger partial charge on any atom is -0.377 e. The summed E-state index contributed by atoms with van der Waals surface area (Å²) in [5.74, 6) is 0.